The molecule has 1 atom stereocenters. The molecular weight excluding hydrogens is 416 g/mol. The Kier molecular flexibility index (Phi) is 8.72. The highest BCUT2D eigenvalue weighted by Crippen LogP contribution is 2.20. The van der Waals surface area contributed by atoms with Gasteiger partial charge < -0.3 is 30.3 Å². The number of hydrogen-bond donors (Lipinski definition) is 2. The molecule has 1 aromatic rings. The van der Waals surface area contributed by atoms with Crippen molar-refractivity contribution in [3.63, 3.8) is 0 Å². The fraction of sp³-hybridized carbons (Fsp3) is 0.474. The Morgan fingerprint density at radius 3 is 2.23 bits per heavy atom. The summed E-state index contributed by atoms with van der Waals surface area (Å²) in [5, 5.41) is 2.98. The third-order valence-corrected chi connectivity index (χ3v) is 4.73. The van der Waals surface area contributed by atoms with Gasteiger partial charge in [-0.25, -0.2) is 9.59 Å². The van der Waals surface area contributed by atoms with Crippen LogP contribution in [0.2, 0.25) is 5.02 Å². The molecular formula is C19H25ClN4O6. The van der Waals surface area contributed by atoms with Crippen LogP contribution in [0, 0.1) is 0 Å². The van der Waals surface area contributed by atoms with Crippen molar-refractivity contribution in [1.29, 1.82) is 0 Å². The second-order valence-electron chi connectivity index (χ2n) is 6.54. The molecule has 0 spiro atoms. The first-order chi connectivity index (χ1) is 14.3. The van der Waals surface area contributed by atoms with E-state index in [2.05, 4.69) is 5.32 Å². The standard InChI is InChI=1S/C19H25ClN4O6/c1-2-29-19(28)24-9-7-23(8-10-24)16(25)12-30-17(26)11-15(22-18(21)27)13-3-5-14(20)6-4-13/h3-6,15H,2,7-12H2,1H3,(H3,21,22,27). The van der Waals surface area contributed by atoms with Crippen LogP contribution in [0.5, 0.6) is 0 Å². The molecule has 1 aliphatic rings. The van der Waals surface area contributed by atoms with Gasteiger partial charge in [-0.3, -0.25) is 9.59 Å². The van der Waals surface area contributed by atoms with E-state index < -0.39 is 30.7 Å². The molecule has 164 valence electrons. The number of nitrogens with zero attached hydrogens (tertiary/aromatic N) is 2. The number of carbonyl (C=O) groups is 4. The van der Waals surface area contributed by atoms with Gasteiger partial charge in [-0.2, -0.15) is 0 Å². The zero-order valence-corrected chi connectivity index (χ0v) is 17.4. The van der Waals surface area contributed by atoms with Crippen molar-refractivity contribution < 1.29 is 28.7 Å². The zero-order valence-electron chi connectivity index (χ0n) is 16.6. The maximum absolute atomic E-state index is 12.3. The number of amides is 4. The first-order valence-corrected chi connectivity index (χ1v) is 9.84. The maximum Gasteiger partial charge on any atom is 0.409 e. The van der Waals surface area contributed by atoms with Crippen LogP contribution in [0.4, 0.5) is 9.59 Å². The number of benzene rings is 1. The average molecular weight is 441 g/mol. The van der Waals surface area contributed by atoms with E-state index in [1.807, 2.05) is 0 Å². The number of piperazine rings is 1. The van der Waals surface area contributed by atoms with Crippen LogP contribution < -0.4 is 11.1 Å². The molecule has 1 heterocycles. The lowest BCUT2D eigenvalue weighted by atomic mass is 10.0. The van der Waals surface area contributed by atoms with Crippen LogP contribution in [-0.4, -0.2) is 73.2 Å². The zero-order chi connectivity index (χ0) is 22.1. The van der Waals surface area contributed by atoms with Crippen molar-refractivity contribution in [1.82, 2.24) is 15.1 Å². The van der Waals surface area contributed by atoms with Gasteiger partial charge in [0, 0.05) is 31.2 Å². The third kappa shape index (κ3) is 7.11. The number of nitrogens with two attached hydrogens (primary N) is 1. The second kappa shape index (κ2) is 11.2. The molecule has 11 heteroatoms. The lowest BCUT2D eigenvalue weighted by molar-refractivity contribution is -0.153. The molecule has 0 saturated carbocycles. The SMILES string of the molecule is CCOC(=O)N1CCN(C(=O)COC(=O)CC(NC(N)=O)c2ccc(Cl)cc2)CC1. The van der Waals surface area contributed by atoms with Crippen molar-refractivity contribution in [2.75, 3.05) is 39.4 Å². The number of esters is 1. The molecule has 1 unspecified atom stereocenters. The predicted molar refractivity (Wildman–Crippen MR) is 108 cm³/mol. The van der Waals surface area contributed by atoms with Crippen LogP contribution >= 0.6 is 11.6 Å². The van der Waals surface area contributed by atoms with E-state index >= 15 is 0 Å². The topological polar surface area (TPSA) is 131 Å². The van der Waals surface area contributed by atoms with E-state index in [0.29, 0.717) is 36.8 Å². The molecule has 0 aliphatic carbocycles. The van der Waals surface area contributed by atoms with Gasteiger partial charge in [0.15, 0.2) is 6.61 Å². The van der Waals surface area contributed by atoms with Crippen LogP contribution in [0.15, 0.2) is 24.3 Å². The summed E-state index contributed by atoms with van der Waals surface area (Å²) in [6.45, 7) is 2.93. The lowest BCUT2D eigenvalue weighted by Gasteiger charge is -2.33. The highest BCUT2D eigenvalue weighted by molar-refractivity contribution is 6.30. The van der Waals surface area contributed by atoms with Crippen LogP contribution in [0.3, 0.4) is 0 Å². The fourth-order valence-corrected chi connectivity index (χ4v) is 3.06. The summed E-state index contributed by atoms with van der Waals surface area (Å²) in [7, 11) is 0. The van der Waals surface area contributed by atoms with Crippen molar-refractivity contribution in [2.45, 2.75) is 19.4 Å². The number of rotatable bonds is 7. The van der Waals surface area contributed by atoms with Crippen molar-refractivity contribution >= 4 is 35.6 Å². The van der Waals surface area contributed by atoms with Gasteiger partial charge in [0.1, 0.15) is 0 Å². The van der Waals surface area contributed by atoms with Crippen LogP contribution in [0.1, 0.15) is 24.9 Å². The van der Waals surface area contributed by atoms with Gasteiger partial charge in [0.25, 0.3) is 5.91 Å². The Hall–Kier alpha value is -3.01. The summed E-state index contributed by atoms with van der Waals surface area (Å²) in [5.41, 5.74) is 5.80. The number of urea groups is 1. The number of carbonyl (C=O) groups excluding carboxylic acids is 4. The Morgan fingerprint density at radius 1 is 1.07 bits per heavy atom. The van der Waals surface area contributed by atoms with Gasteiger partial charge in [0.05, 0.1) is 19.1 Å². The van der Waals surface area contributed by atoms with Gasteiger partial charge in [0.2, 0.25) is 0 Å². The molecule has 1 saturated heterocycles. The predicted octanol–water partition coefficient (Wildman–Crippen LogP) is 1.28. The fourth-order valence-electron chi connectivity index (χ4n) is 2.93. The van der Waals surface area contributed by atoms with E-state index in [4.69, 9.17) is 26.8 Å². The minimum atomic E-state index is -0.793. The molecule has 1 fully saturated rings. The highest BCUT2D eigenvalue weighted by atomic mass is 35.5. The second-order valence-corrected chi connectivity index (χ2v) is 6.98. The third-order valence-electron chi connectivity index (χ3n) is 4.47. The molecule has 2 rings (SSSR count). The van der Waals surface area contributed by atoms with Crippen LogP contribution in [0.25, 0.3) is 0 Å². The Bertz CT molecular complexity index is 765. The molecule has 30 heavy (non-hydrogen) atoms. The molecule has 4 amide bonds. The summed E-state index contributed by atoms with van der Waals surface area (Å²) in [6, 6.07) is 5.05. The number of ether oxygens (including phenoxy) is 2. The number of nitrogens with one attached hydrogen (secondary N) is 1. The summed E-state index contributed by atoms with van der Waals surface area (Å²) >= 11 is 5.85. The summed E-state index contributed by atoms with van der Waals surface area (Å²) < 4.78 is 10.0. The van der Waals surface area contributed by atoms with Crippen LogP contribution in [-0.2, 0) is 19.1 Å². The smallest absolute Gasteiger partial charge is 0.409 e. The molecule has 0 bridgehead atoms. The number of halogens is 1. The van der Waals surface area contributed by atoms with E-state index in [9.17, 15) is 19.2 Å². The van der Waals surface area contributed by atoms with Crippen molar-refractivity contribution in [3.8, 4) is 0 Å². The van der Waals surface area contributed by atoms with Gasteiger partial charge in [-0.1, -0.05) is 23.7 Å². The van der Waals surface area contributed by atoms with Crippen molar-refractivity contribution in [3.05, 3.63) is 34.9 Å². The highest BCUT2D eigenvalue weighted by Gasteiger charge is 2.26. The molecule has 3 N–H and O–H groups in total. The van der Waals surface area contributed by atoms with Gasteiger partial charge in [-0.15, -0.1) is 0 Å². The largest absolute Gasteiger partial charge is 0.455 e. The first-order valence-electron chi connectivity index (χ1n) is 9.46. The normalized spacial score (nSPS) is 14.6. The molecule has 1 aliphatic heterocycles. The van der Waals surface area contributed by atoms with E-state index in [1.165, 1.54) is 9.80 Å². The molecule has 1 aromatic carbocycles. The van der Waals surface area contributed by atoms with Crippen molar-refractivity contribution in [2.24, 2.45) is 5.73 Å². The van der Waals surface area contributed by atoms with E-state index in [1.54, 1.807) is 31.2 Å². The Morgan fingerprint density at radius 2 is 1.67 bits per heavy atom. The Balaban J connectivity index is 1.82. The maximum atomic E-state index is 12.3. The minimum absolute atomic E-state index is 0.200. The quantitative estimate of drug-likeness (QED) is 0.614. The number of primary amides is 1. The minimum Gasteiger partial charge on any atom is -0.455 e. The lowest BCUT2D eigenvalue weighted by Crippen LogP contribution is -2.51. The monoisotopic (exact) mass is 440 g/mol. The van der Waals surface area contributed by atoms with Gasteiger partial charge in [-0.05, 0) is 24.6 Å². The molecule has 10 nitrogen and oxygen atoms in total. The first kappa shape index (κ1) is 23.3. The molecule has 0 aromatic heterocycles. The summed E-state index contributed by atoms with van der Waals surface area (Å²) in [4.78, 5) is 50.5. The average Bonchev–Trinajstić information content (AvgIpc) is 2.72. The van der Waals surface area contributed by atoms with Gasteiger partial charge >= 0.3 is 18.1 Å². The Labute approximate surface area is 179 Å². The molecule has 0 radical (unpaired) electrons. The van der Waals surface area contributed by atoms with E-state index in [-0.39, 0.29) is 18.9 Å². The number of hydrogen-bond acceptors (Lipinski definition) is 6. The summed E-state index contributed by atoms with van der Waals surface area (Å²) in [6.07, 6.45) is -0.611. The van der Waals surface area contributed by atoms with E-state index in [0.717, 1.165) is 0 Å². The summed E-state index contributed by atoms with van der Waals surface area (Å²) in [5.74, 6) is -1.03.